The summed E-state index contributed by atoms with van der Waals surface area (Å²) in [5.74, 6) is 2.49. The average Bonchev–Trinajstić information content (AvgIpc) is 3.08. The first-order valence-electron chi connectivity index (χ1n) is 6.76. The number of rotatable bonds is 4. The van der Waals surface area contributed by atoms with E-state index in [1.165, 1.54) is 0 Å². The van der Waals surface area contributed by atoms with Crippen molar-refractivity contribution in [2.75, 3.05) is 20.2 Å². The maximum Gasteiger partial charge on any atom is 0.231 e. The van der Waals surface area contributed by atoms with Gasteiger partial charge in [-0.2, -0.15) is 4.98 Å². The van der Waals surface area contributed by atoms with Crippen LogP contribution in [0, 0.1) is 6.92 Å². The van der Waals surface area contributed by atoms with Crippen LogP contribution in [0.1, 0.15) is 29.6 Å². The minimum absolute atomic E-state index is 0.332. The summed E-state index contributed by atoms with van der Waals surface area (Å²) in [6.45, 7) is 4.63. The first-order valence-corrected chi connectivity index (χ1v) is 6.76. The number of likely N-dealkylation sites (tertiary alicyclic amines) is 1. The number of pyridine rings is 1. The van der Waals surface area contributed by atoms with E-state index in [0.29, 0.717) is 17.6 Å². The second kappa shape index (κ2) is 5.58. The molecule has 0 aromatic carbocycles. The lowest BCUT2D eigenvalue weighted by atomic mass is 10.1. The molecule has 0 N–H and O–H groups in total. The Labute approximate surface area is 117 Å². The fourth-order valence-corrected chi connectivity index (χ4v) is 2.63. The van der Waals surface area contributed by atoms with E-state index in [-0.39, 0.29) is 0 Å². The van der Waals surface area contributed by atoms with Gasteiger partial charge in [-0.05, 0) is 26.0 Å². The smallest absolute Gasteiger partial charge is 0.231 e. The molecule has 3 heterocycles. The SMILES string of the molecule is COc1ncccc1CN1CCC(c2nc(C)no2)C1. The molecule has 0 saturated carbocycles. The Morgan fingerprint density at radius 2 is 2.40 bits per heavy atom. The molecule has 1 fully saturated rings. The second-order valence-corrected chi connectivity index (χ2v) is 5.07. The first kappa shape index (κ1) is 13.1. The monoisotopic (exact) mass is 274 g/mol. The summed E-state index contributed by atoms with van der Waals surface area (Å²) >= 11 is 0. The van der Waals surface area contributed by atoms with Gasteiger partial charge in [-0.15, -0.1) is 0 Å². The lowest BCUT2D eigenvalue weighted by Gasteiger charge is -2.16. The van der Waals surface area contributed by atoms with Gasteiger partial charge in [0.15, 0.2) is 5.82 Å². The Morgan fingerprint density at radius 1 is 1.50 bits per heavy atom. The number of methoxy groups -OCH3 is 1. The number of aryl methyl sites for hydroxylation is 1. The van der Waals surface area contributed by atoms with E-state index in [4.69, 9.17) is 9.26 Å². The zero-order valence-electron chi connectivity index (χ0n) is 11.7. The fourth-order valence-electron chi connectivity index (χ4n) is 2.63. The van der Waals surface area contributed by atoms with Gasteiger partial charge in [-0.25, -0.2) is 4.98 Å². The Balaban J connectivity index is 1.66. The molecular weight excluding hydrogens is 256 g/mol. The van der Waals surface area contributed by atoms with Crippen molar-refractivity contribution < 1.29 is 9.26 Å². The van der Waals surface area contributed by atoms with Crippen molar-refractivity contribution in [3.8, 4) is 5.88 Å². The van der Waals surface area contributed by atoms with Crippen LogP contribution in [-0.4, -0.2) is 40.2 Å². The van der Waals surface area contributed by atoms with Gasteiger partial charge in [-0.1, -0.05) is 11.2 Å². The summed E-state index contributed by atoms with van der Waals surface area (Å²) in [6.07, 6.45) is 2.79. The predicted molar refractivity (Wildman–Crippen MR) is 72.5 cm³/mol. The summed E-state index contributed by atoms with van der Waals surface area (Å²) in [5, 5.41) is 3.86. The van der Waals surface area contributed by atoms with Crippen molar-refractivity contribution in [1.29, 1.82) is 0 Å². The maximum atomic E-state index is 5.29. The molecule has 0 aliphatic carbocycles. The maximum absolute atomic E-state index is 5.29. The van der Waals surface area contributed by atoms with Crippen LogP contribution in [0.15, 0.2) is 22.9 Å². The molecule has 2 aromatic rings. The zero-order valence-corrected chi connectivity index (χ0v) is 11.7. The van der Waals surface area contributed by atoms with Gasteiger partial charge in [-0.3, -0.25) is 4.90 Å². The number of ether oxygens (including phenoxy) is 1. The second-order valence-electron chi connectivity index (χ2n) is 5.07. The highest BCUT2D eigenvalue weighted by molar-refractivity contribution is 5.25. The minimum atomic E-state index is 0.332. The number of hydrogen-bond donors (Lipinski definition) is 0. The third-order valence-electron chi connectivity index (χ3n) is 3.60. The topological polar surface area (TPSA) is 64.3 Å². The van der Waals surface area contributed by atoms with Gasteiger partial charge in [0.1, 0.15) is 0 Å². The number of aromatic nitrogens is 3. The standard InChI is InChI=1S/C14H18N4O2/c1-10-16-14(20-17-10)12-5-7-18(9-12)8-11-4-3-6-15-13(11)19-2/h3-4,6,12H,5,7-9H2,1-2H3. The summed E-state index contributed by atoms with van der Waals surface area (Å²) < 4.78 is 10.6. The van der Waals surface area contributed by atoms with Crippen LogP contribution < -0.4 is 4.74 Å². The van der Waals surface area contributed by atoms with Crippen LogP contribution in [0.25, 0.3) is 0 Å². The molecule has 0 bridgehead atoms. The molecule has 1 atom stereocenters. The summed E-state index contributed by atoms with van der Waals surface area (Å²) in [4.78, 5) is 10.9. The third kappa shape index (κ3) is 2.65. The molecule has 6 heteroatoms. The van der Waals surface area contributed by atoms with Gasteiger partial charge in [0.25, 0.3) is 0 Å². The molecule has 0 spiro atoms. The first-order chi connectivity index (χ1) is 9.76. The van der Waals surface area contributed by atoms with Crippen molar-refractivity contribution in [2.24, 2.45) is 0 Å². The van der Waals surface area contributed by atoms with Crippen LogP contribution in [0.2, 0.25) is 0 Å². The minimum Gasteiger partial charge on any atom is -0.481 e. The summed E-state index contributed by atoms with van der Waals surface area (Å²) in [6, 6.07) is 3.99. The van der Waals surface area contributed by atoms with Crippen LogP contribution in [-0.2, 0) is 6.54 Å². The molecule has 1 aliphatic heterocycles. The molecule has 20 heavy (non-hydrogen) atoms. The normalized spacial score (nSPS) is 19.4. The van der Waals surface area contributed by atoms with Crippen molar-refractivity contribution in [1.82, 2.24) is 20.0 Å². The Bertz CT molecular complexity index is 584. The number of hydrogen-bond acceptors (Lipinski definition) is 6. The van der Waals surface area contributed by atoms with Crippen LogP contribution >= 0.6 is 0 Å². The summed E-state index contributed by atoms with van der Waals surface area (Å²) in [7, 11) is 1.65. The van der Waals surface area contributed by atoms with Crippen molar-refractivity contribution >= 4 is 0 Å². The molecule has 0 amide bonds. The van der Waals surface area contributed by atoms with Gasteiger partial charge < -0.3 is 9.26 Å². The molecule has 3 rings (SSSR count). The highest BCUT2D eigenvalue weighted by Gasteiger charge is 2.28. The highest BCUT2D eigenvalue weighted by Crippen LogP contribution is 2.28. The van der Waals surface area contributed by atoms with Crippen LogP contribution in [0.4, 0.5) is 0 Å². The molecule has 1 aliphatic rings. The predicted octanol–water partition coefficient (Wildman–Crippen LogP) is 1.77. The van der Waals surface area contributed by atoms with Crippen molar-refractivity contribution in [3.63, 3.8) is 0 Å². The molecule has 1 saturated heterocycles. The van der Waals surface area contributed by atoms with Gasteiger partial charge in [0.05, 0.1) is 13.0 Å². The third-order valence-corrected chi connectivity index (χ3v) is 3.60. The Hall–Kier alpha value is -1.95. The molecular formula is C14H18N4O2. The van der Waals surface area contributed by atoms with Gasteiger partial charge >= 0.3 is 0 Å². The number of nitrogens with zero attached hydrogens (tertiary/aromatic N) is 4. The molecule has 1 unspecified atom stereocenters. The van der Waals surface area contributed by atoms with Crippen molar-refractivity contribution in [3.05, 3.63) is 35.6 Å². The Morgan fingerprint density at radius 3 is 3.15 bits per heavy atom. The van der Waals surface area contributed by atoms with Gasteiger partial charge in [0, 0.05) is 24.8 Å². The highest BCUT2D eigenvalue weighted by atomic mass is 16.5. The zero-order chi connectivity index (χ0) is 13.9. The van der Waals surface area contributed by atoms with E-state index in [0.717, 1.165) is 37.5 Å². The lowest BCUT2D eigenvalue weighted by molar-refractivity contribution is 0.300. The van der Waals surface area contributed by atoms with Crippen molar-refractivity contribution in [2.45, 2.75) is 25.8 Å². The molecule has 106 valence electrons. The van der Waals surface area contributed by atoms with E-state index in [1.807, 2.05) is 13.0 Å². The molecule has 2 aromatic heterocycles. The molecule has 0 radical (unpaired) electrons. The van der Waals surface area contributed by atoms with Crippen LogP contribution in [0.5, 0.6) is 5.88 Å². The largest absolute Gasteiger partial charge is 0.481 e. The van der Waals surface area contributed by atoms with Crippen LogP contribution in [0.3, 0.4) is 0 Å². The lowest BCUT2D eigenvalue weighted by Crippen LogP contribution is -2.20. The van der Waals surface area contributed by atoms with E-state index in [1.54, 1.807) is 13.3 Å². The summed E-state index contributed by atoms with van der Waals surface area (Å²) in [5.41, 5.74) is 1.11. The molecule has 6 nitrogen and oxygen atoms in total. The Kier molecular flexibility index (Phi) is 3.64. The van der Waals surface area contributed by atoms with Gasteiger partial charge in [0.2, 0.25) is 11.8 Å². The van der Waals surface area contributed by atoms with E-state index >= 15 is 0 Å². The average molecular weight is 274 g/mol. The fraction of sp³-hybridized carbons (Fsp3) is 0.500. The van der Waals surface area contributed by atoms with E-state index in [9.17, 15) is 0 Å². The van der Waals surface area contributed by atoms with E-state index in [2.05, 4.69) is 26.1 Å². The quantitative estimate of drug-likeness (QED) is 0.846. The van der Waals surface area contributed by atoms with E-state index < -0.39 is 0 Å².